The van der Waals surface area contributed by atoms with Crippen LogP contribution < -0.4 is 5.32 Å². The Hall–Kier alpha value is -3.26. The maximum absolute atomic E-state index is 12.4. The number of benzene rings is 1. The largest absolute Gasteiger partial charge is 0.478 e. The summed E-state index contributed by atoms with van der Waals surface area (Å²) in [6, 6.07) is 6.79. The Balaban J connectivity index is 2.08. The van der Waals surface area contributed by atoms with Crippen molar-refractivity contribution in [2.45, 2.75) is 20.8 Å². The van der Waals surface area contributed by atoms with Crippen LogP contribution in [0.5, 0.6) is 0 Å². The molecule has 3 rings (SSSR count). The summed E-state index contributed by atoms with van der Waals surface area (Å²) < 4.78 is 1.97. The number of carbonyl (C=O) groups is 3. The number of aromatic nitrogens is 1. The molecule has 2 heterocycles. The highest BCUT2D eigenvalue weighted by molar-refractivity contribution is 7.80. The van der Waals surface area contributed by atoms with Crippen molar-refractivity contribution in [3.63, 3.8) is 0 Å². The number of carbonyl (C=O) groups excluding carboxylic acids is 2. The summed E-state index contributed by atoms with van der Waals surface area (Å²) in [5.74, 6) is -1.97. The first kappa shape index (κ1) is 19.5. The normalized spacial score (nSPS) is 15.9. The highest BCUT2D eigenvalue weighted by Crippen LogP contribution is 2.26. The van der Waals surface area contributed by atoms with Crippen LogP contribution in [-0.2, 0) is 9.59 Å². The van der Waals surface area contributed by atoms with Crippen molar-refractivity contribution in [2.24, 2.45) is 0 Å². The third-order valence-corrected chi connectivity index (χ3v) is 5.14. The zero-order valence-corrected chi connectivity index (χ0v) is 16.7. The molecule has 0 atom stereocenters. The van der Waals surface area contributed by atoms with Crippen molar-refractivity contribution >= 4 is 41.2 Å². The van der Waals surface area contributed by atoms with E-state index in [1.165, 1.54) is 11.9 Å². The number of carboxylic acid groups (broad SMARTS) is 1. The van der Waals surface area contributed by atoms with Crippen molar-refractivity contribution in [3.05, 3.63) is 57.9 Å². The Morgan fingerprint density at radius 3 is 2.46 bits per heavy atom. The van der Waals surface area contributed by atoms with Crippen LogP contribution in [0.4, 0.5) is 0 Å². The molecule has 1 aliphatic heterocycles. The smallest absolute Gasteiger partial charge is 0.335 e. The molecule has 144 valence electrons. The Kier molecular flexibility index (Phi) is 4.91. The van der Waals surface area contributed by atoms with Gasteiger partial charge in [-0.3, -0.25) is 19.8 Å². The fourth-order valence-corrected chi connectivity index (χ4v) is 3.42. The minimum atomic E-state index is -0.982. The van der Waals surface area contributed by atoms with Gasteiger partial charge in [-0.15, -0.1) is 0 Å². The summed E-state index contributed by atoms with van der Waals surface area (Å²) in [6.07, 6.45) is 1.55. The molecular weight excluding hydrogens is 378 g/mol. The summed E-state index contributed by atoms with van der Waals surface area (Å²) >= 11 is 4.96. The number of nitrogens with zero attached hydrogens (tertiary/aromatic N) is 2. The van der Waals surface area contributed by atoms with Crippen LogP contribution in [0.2, 0.25) is 0 Å². The second-order valence-electron chi connectivity index (χ2n) is 6.65. The van der Waals surface area contributed by atoms with Gasteiger partial charge in [-0.2, -0.15) is 0 Å². The number of carboxylic acids is 1. The summed E-state index contributed by atoms with van der Waals surface area (Å²) in [5, 5.41) is 11.7. The molecule has 2 amide bonds. The zero-order chi connectivity index (χ0) is 20.7. The summed E-state index contributed by atoms with van der Waals surface area (Å²) in [7, 11) is 1.51. The predicted octanol–water partition coefficient (Wildman–Crippen LogP) is 2.36. The molecule has 0 aliphatic carbocycles. The molecular formula is C20H19N3O4S. The Morgan fingerprint density at radius 1 is 1.18 bits per heavy atom. The van der Waals surface area contributed by atoms with Gasteiger partial charge in [-0.05, 0) is 74.5 Å². The van der Waals surface area contributed by atoms with E-state index in [0.717, 1.165) is 28.2 Å². The van der Waals surface area contributed by atoms with Crippen molar-refractivity contribution in [3.8, 4) is 5.69 Å². The molecule has 1 aromatic heterocycles. The van der Waals surface area contributed by atoms with Gasteiger partial charge in [0.05, 0.1) is 5.56 Å². The highest BCUT2D eigenvalue weighted by Gasteiger charge is 2.31. The van der Waals surface area contributed by atoms with Gasteiger partial charge in [0.15, 0.2) is 5.11 Å². The van der Waals surface area contributed by atoms with E-state index in [2.05, 4.69) is 5.32 Å². The Morgan fingerprint density at radius 2 is 1.86 bits per heavy atom. The molecule has 7 nitrogen and oxygen atoms in total. The first-order valence-electron chi connectivity index (χ1n) is 8.50. The lowest BCUT2D eigenvalue weighted by Gasteiger charge is -2.25. The number of rotatable bonds is 3. The van der Waals surface area contributed by atoms with E-state index in [-0.39, 0.29) is 16.2 Å². The molecule has 28 heavy (non-hydrogen) atoms. The summed E-state index contributed by atoms with van der Waals surface area (Å²) in [5.41, 5.74) is 4.30. The van der Waals surface area contributed by atoms with Crippen molar-refractivity contribution in [1.29, 1.82) is 0 Å². The number of nitrogens with one attached hydrogen (secondary N) is 1. The van der Waals surface area contributed by atoms with Crippen molar-refractivity contribution < 1.29 is 19.5 Å². The average Bonchev–Trinajstić information content (AvgIpc) is 2.90. The molecule has 0 bridgehead atoms. The lowest BCUT2D eigenvalue weighted by atomic mass is 10.1. The fraction of sp³-hybridized carbons (Fsp3) is 0.200. The van der Waals surface area contributed by atoms with Crippen LogP contribution in [0, 0.1) is 20.8 Å². The first-order valence-corrected chi connectivity index (χ1v) is 8.91. The van der Waals surface area contributed by atoms with Gasteiger partial charge >= 0.3 is 5.97 Å². The third kappa shape index (κ3) is 3.22. The number of hydrogen-bond donors (Lipinski definition) is 2. The number of likely N-dealkylation sites (N-methyl/N-ethyl adjacent to an activating group) is 1. The Bertz CT molecular complexity index is 1080. The fourth-order valence-electron chi connectivity index (χ4n) is 3.24. The quantitative estimate of drug-likeness (QED) is 0.471. The number of aryl methyl sites for hydroxylation is 2. The topological polar surface area (TPSA) is 91.6 Å². The maximum atomic E-state index is 12.4. The van der Waals surface area contributed by atoms with Gasteiger partial charge in [-0.1, -0.05) is 0 Å². The van der Waals surface area contributed by atoms with Crippen molar-refractivity contribution in [1.82, 2.24) is 14.8 Å². The monoisotopic (exact) mass is 397 g/mol. The third-order valence-electron chi connectivity index (χ3n) is 4.76. The molecule has 0 spiro atoms. The first-order chi connectivity index (χ1) is 13.1. The second-order valence-corrected chi connectivity index (χ2v) is 7.04. The van der Waals surface area contributed by atoms with E-state index < -0.39 is 17.8 Å². The SMILES string of the molecule is Cc1cc(C(=O)O)ccc1-n1c(C)cc(/C=C2\C(=O)NC(=S)N(C)C2=O)c1C. The number of thiocarbonyl (C=S) groups is 1. The molecule has 0 saturated carbocycles. The summed E-state index contributed by atoms with van der Waals surface area (Å²) in [6.45, 7) is 5.62. The van der Waals surface area contributed by atoms with Gasteiger partial charge in [0, 0.05) is 24.1 Å². The van der Waals surface area contributed by atoms with Crippen LogP contribution in [0.15, 0.2) is 29.8 Å². The summed E-state index contributed by atoms with van der Waals surface area (Å²) in [4.78, 5) is 37.0. The lowest BCUT2D eigenvalue weighted by Crippen LogP contribution is -2.52. The molecule has 8 heteroatoms. The van der Waals surface area contributed by atoms with E-state index in [1.807, 2.05) is 31.4 Å². The number of amides is 2. The maximum Gasteiger partial charge on any atom is 0.335 e. The number of hydrogen-bond acceptors (Lipinski definition) is 4. The van der Waals surface area contributed by atoms with E-state index in [0.29, 0.717) is 0 Å². The van der Waals surface area contributed by atoms with Gasteiger partial charge in [0.25, 0.3) is 11.8 Å². The molecule has 0 unspecified atom stereocenters. The standard InChI is InChI=1S/C20H19N3O4S/c1-10-7-13(19(26)27)5-6-16(10)23-11(2)8-14(12(23)3)9-15-17(24)21-20(28)22(4)18(15)25/h5-9H,1-4H3,(H,26,27)(H,21,24,28)/b15-9+. The van der Waals surface area contributed by atoms with Crippen LogP contribution in [-0.4, -0.2) is 44.5 Å². The van der Waals surface area contributed by atoms with E-state index in [9.17, 15) is 14.4 Å². The van der Waals surface area contributed by atoms with Crippen LogP contribution in [0.1, 0.15) is 32.9 Å². The molecule has 1 saturated heterocycles. The van der Waals surface area contributed by atoms with Crippen LogP contribution >= 0.6 is 12.2 Å². The molecule has 1 aromatic carbocycles. The Labute approximate surface area is 167 Å². The molecule has 1 fully saturated rings. The van der Waals surface area contributed by atoms with Gasteiger partial charge in [0.2, 0.25) is 0 Å². The number of aromatic carboxylic acids is 1. The zero-order valence-electron chi connectivity index (χ0n) is 15.9. The van der Waals surface area contributed by atoms with Gasteiger partial charge in [-0.25, -0.2) is 4.79 Å². The lowest BCUT2D eigenvalue weighted by molar-refractivity contribution is -0.128. The van der Waals surface area contributed by atoms with E-state index >= 15 is 0 Å². The molecule has 2 N–H and O–H groups in total. The van der Waals surface area contributed by atoms with Crippen molar-refractivity contribution in [2.75, 3.05) is 7.05 Å². The molecule has 1 aliphatic rings. The van der Waals surface area contributed by atoms with E-state index in [1.54, 1.807) is 24.3 Å². The van der Waals surface area contributed by atoms with Gasteiger partial charge < -0.3 is 9.67 Å². The van der Waals surface area contributed by atoms with Crippen LogP contribution in [0.25, 0.3) is 11.8 Å². The van der Waals surface area contributed by atoms with E-state index in [4.69, 9.17) is 17.3 Å². The van der Waals surface area contributed by atoms with Crippen LogP contribution in [0.3, 0.4) is 0 Å². The molecule has 2 aromatic rings. The highest BCUT2D eigenvalue weighted by atomic mass is 32.1. The molecule has 0 radical (unpaired) electrons. The second kappa shape index (κ2) is 7.05. The minimum absolute atomic E-state index is 0.00861. The average molecular weight is 397 g/mol. The van der Waals surface area contributed by atoms with Gasteiger partial charge in [0.1, 0.15) is 5.57 Å². The minimum Gasteiger partial charge on any atom is -0.478 e. The predicted molar refractivity (Wildman–Crippen MR) is 108 cm³/mol.